The van der Waals surface area contributed by atoms with Crippen molar-refractivity contribution in [1.29, 1.82) is 0 Å². The molecule has 15 heavy (non-hydrogen) atoms. The molecule has 0 amide bonds. The molecule has 2 heterocycles. The molecule has 1 aromatic rings. The van der Waals surface area contributed by atoms with Gasteiger partial charge in [-0.05, 0) is 42.2 Å². The summed E-state index contributed by atoms with van der Waals surface area (Å²) in [5, 5.41) is 6.30. The van der Waals surface area contributed by atoms with Crippen LogP contribution in [0.3, 0.4) is 0 Å². The highest BCUT2D eigenvalue weighted by atomic mass is 32.1. The van der Waals surface area contributed by atoms with Crippen molar-refractivity contribution in [3.05, 3.63) is 22.4 Å². The van der Waals surface area contributed by atoms with Gasteiger partial charge in [-0.15, -0.1) is 0 Å². The Balaban J connectivity index is 2.12. The lowest BCUT2D eigenvalue weighted by Gasteiger charge is -2.35. The lowest BCUT2D eigenvalue weighted by molar-refractivity contribution is -0.211. The molecule has 2 rings (SSSR count). The molecule has 0 saturated carbocycles. The number of hydroxylamine groups is 2. The number of nitrogens with two attached hydrogens (primary N) is 1. The molecule has 4 heteroatoms. The summed E-state index contributed by atoms with van der Waals surface area (Å²) >= 11 is 1.71. The van der Waals surface area contributed by atoms with Gasteiger partial charge in [-0.3, -0.25) is 4.84 Å². The third-order valence-corrected chi connectivity index (χ3v) is 3.42. The van der Waals surface area contributed by atoms with E-state index in [1.165, 1.54) is 12.0 Å². The first-order chi connectivity index (χ1) is 7.29. The summed E-state index contributed by atoms with van der Waals surface area (Å²) in [4.78, 5) is 5.68. The first-order valence-electron chi connectivity index (χ1n) is 5.46. The Labute approximate surface area is 94.8 Å². The molecule has 2 atom stereocenters. The maximum absolute atomic E-state index is 6.04. The summed E-state index contributed by atoms with van der Waals surface area (Å²) in [6.45, 7) is 3.86. The van der Waals surface area contributed by atoms with Crippen molar-refractivity contribution in [3.63, 3.8) is 0 Å². The van der Waals surface area contributed by atoms with Crippen LogP contribution in [0, 0.1) is 0 Å². The van der Waals surface area contributed by atoms with E-state index in [1.54, 1.807) is 11.3 Å². The molecule has 1 aromatic heterocycles. The van der Waals surface area contributed by atoms with E-state index < -0.39 is 0 Å². The molecule has 84 valence electrons. The minimum atomic E-state index is 0.0951. The predicted octanol–water partition coefficient (Wildman–Crippen LogP) is 2.16. The highest BCUT2D eigenvalue weighted by molar-refractivity contribution is 7.07. The van der Waals surface area contributed by atoms with E-state index in [1.807, 2.05) is 6.92 Å². The quantitative estimate of drug-likeness (QED) is 0.858. The Morgan fingerprint density at radius 2 is 2.40 bits per heavy atom. The van der Waals surface area contributed by atoms with Gasteiger partial charge in [-0.2, -0.15) is 16.4 Å². The zero-order chi connectivity index (χ0) is 10.7. The number of hydrogen-bond acceptors (Lipinski definition) is 4. The average Bonchev–Trinajstić information content (AvgIpc) is 2.72. The molecule has 3 nitrogen and oxygen atoms in total. The van der Waals surface area contributed by atoms with Crippen molar-refractivity contribution in [3.8, 4) is 0 Å². The molecule has 0 aliphatic carbocycles. The van der Waals surface area contributed by atoms with Crippen LogP contribution in [0.5, 0.6) is 0 Å². The van der Waals surface area contributed by atoms with E-state index in [0.29, 0.717) is 0 Å². The van der Waals surface area contributed by atoms with E-state index in [0.717, 1.165) is 19.6 Å². The Morgan fingerprint density at radius 3 is 2.93 bits per heavy atom. The van der Waals surface area contributed by atoms with E-state index in [-0.39, 0.29) is 12.1 Å². The second kappa shape index (κ2) is 5.07. The topological polar surface area (TPSA) is 38.5 Å². The number of rotatable bonds is 3. The summed E-state index contributed by atoms with van der Waals surface area (Å²) in [6, 6.07) is 2.44. The molecular formula is C11H18N2OS. The lowest BCUT2D eigenvalue weighted by Crippen LogP contribution is -2.41. The summed E-state index contributed by atoms with van der Waals surface area (Å²) < 4.78 is 0. The molecule has 1 aliphatic heterocycles. The molecule has 1 fully saturated rings. The second-order valence-electron chi connectivity index (χ2n) is 4.04. The molecule has 2 unspecified atom stereocenters. The molecule has 0 spiro atoms. The van der Waals surface area contributed by atoms with E-state index in [4.69, 9.17) is 10.6 Å². The molecule has 0 bridgehead atoms. The highest BCUT2D eigenvalue weighted by Gasteiger charge is 2.26. The van der Waals surface area contributed by atoms with Crippen LogP contribution < -0.4 is 5.73 Å². The van der Waals surface area contributed by atoms with Crippen LogP contribution >= 0.6 is 11.3 Å². The third-order valence-electron chi connectivity index (χ3n) is 2.72. The minimum Gasteiger partial charge on any atom is -0.326 e. The van der Waals surface area contributed by atoms with Crippen LogP contribution in [0.15, 0.2) is 16.8 Å². The van der Waals surface area contributed by atoms with Crippen molar-refractivity contribution in [2.75, 3.05) is 13.2 Å². The summed E-state index contributed by atoms with van der Waals surface area (Å²) in [5.74, 6) is 0. The van der Waals surface area contributed by atoms with Gasteiger partial charge >= 0.3 is 0 Å². The van der Waals surface area contributed by atoms with E-state index >= 15 is 0 Å². The van der Waals surface area contributed by atoms with Crippen molar-refractivity contribution >= 4 is 11.3 Å². The fourth-order valence-corrected chi connectivity index (χ4v) is 2.70. The van der Waals surface area contributed by atoms with Gasteiger partial charge in [0, 0.05) is 12.6 Å². The van der Waals surface area contributed by atoms with Gasteiger partial charge in [0.15, 0.2) is 0 Å². The van der Waals surface area contributed by atoms with Gasteiger partial charge in [0.05, 0.1) is 12.6 Å². The smallest absolute Gasteiger partial charge is 0.0758 e. The van der Waals surface area contributed by atoms with Gasteiger partial charge in [-0.25, -0.2) is 0 Å². The van der Waals surface area contributed by atoms with Crippen LogP contribution in [0.4, 0.5) is 0 Å². The minimum absolute atomic E-state index is 0.0951. The Morgan fingerprint density at radius 1 is 1.53 bits per heavy atom. The van der Waals surface area contributed by atoms with Crippen molar-refractivity contribution < 1.29 is 4.84 Å². The summed E-state index contributed by atoms with van der Waals surface area (Å²) in [7, 11) is 0. The third kappa shape index (κ3) is 2.58. The first-order valence-corrected chi connectivity index (χ1v) is 6.40. The second-order valence-corrected chi connectivity index (χ2v) is 4.82. The Bertz CT molecular complexity index is 281. The SMILES string of the molecule is CC(N)C(c1ccsc1)N1CCCCO1. The maximum atomic E-state index is 6.04. The van der Waals surface area contributed by atoms with Gasteiger partial charge < -0.3 is 5.73 Å². The van der Waals surface area contributed by atoms with Crippen LogP contribution in [0.1, 0.15) is 31.4 Å². The zero-order valence-electron chi connectivity index (χ0n) is 9.06. The average molecular weight is 226 g/mol. The largest absolute Gasteiger partial charge is 0.326 e. The molecule has 0 aromatic carbocycles. The van der Waals surface area contributed by atoms with Gasteiger partial charge in [0.25, 0.3) is 0 Å². The number of hydrogen-bond donors (Lipinski definition) is 1. The Hall–Kier alpha value is -0.420. The molecular weight excluding hydrogens is 208 g/mol. The van der Waals surface area contributed by atoms with Gasteiger partial charge in [0.1, 0.15) is 0 Å². The zero-order valence-corrected chi connectivity index (χ0v) is 9.87. The van der Waals surface area contributed by atoms with E-state index in [2.05, 4.69) is 21.9 Å². The maximum Gasteiger partial charge on any atom is 0.0758 e. The summed E-state index contributed by atoms with van der Waals surface area (Å²) in [6.07, 6.45) is 2.36. The Kier molecular flexibility index (Phi) is 3.75. The standard InChI is InChI=1S/C11H18N2OS/c1-9(12)11(10-4-7-15-8-10)13-5-2-3-6-14-13/h4,7-9,11H,2-3,5-6,12H2,1H3. The van der Waals surface area contributed by atoms with Crippen molar-refractivity contribution in [2.24, 2.45) is 5.73 Å². The monoisotopic (exact) mass is 226 g/mol. The van der Waals surface area contributed by atoms with Crippen LogP contribution in [0.2, 0.25) is 0 Å². The fraction of sp³-hybridized carbons (Fsp3) is 0.636. The van der Waals surface area contributed by atoms with Crippen LogP contribution in [-0.4, -0.2) is 24.3 Å². The number of thiophene rings is 1. The predicted molar refractivity (Wildman–Crippen MR) is 62.6 cm³/mol. The van der Waals surface area contributed by atoms with E-state index in [9.17, 15) is 0 Å². The van der Waals surface area contributed by atoms with Gasteiger partial charge in [0.2, 0.25) is 0 Å². The lowest BCUT2D eigenvalue weighted by atomic mass is 10.0. The normalized spacial score (nSPS) is 22.5. The molecule has 1 saturated heterocycles. The number of nitrogens with zero attached hydrogens (tertiary/aromatic N) is 1. The fourth-order valence-electron chi connectivity index (χ4n) is 2.01. The van der Waals surface area contributed by atoms with Crippen LogP contribution in [0.25, 0.3) is 0 Å². The highest BCUT2D eigenvalue weighted by Crippen LogP contribution is 2.27. The molecule has 1 aliphatic rings. The van der Waals surface area contributed by atoms with Crippen LogP contribution in [-0.2, 0) is 4.84 Å². The van der Waals surface area contributed by atoms with Gasteiger partial charge in [-0.1, -0.05) is 0 Å². The van der Waals surface area contributed by atoms with Crippen molar-refractivity contribution in [2.45, 2.75) is 31.8 Å². The molecule has 0 radical (unpaired) electrons. The first kappa shape index (κ1) is 11.1. The summed E-state index contributed by atoms with van der Waals surface area (Å²) in [5.41, 5.74) is 7.32. The molecule has 2 N–H and O–H groups in total. The van der Waals surface area contributed by atoms with Crippen molar-refractivity contribution in [1.82, 2.24) is 5.06 Å².